The van der Waals surface area contributed by atoms with E-state index in [4.69, 9.17) is 0 Å². The summed E-state index contributed by atoms with van der Waals surface area (Å²) in [6.07, 6.45) is 0.906. The average molecular weight is 291 g/mol. The molecule has 2 aromatic rings. The number of para-hydroxylation sites is 1. The fourth-order valence-electron chi connectivity index (χ4n) is 1.77. The molecule has 0 fully saturated rings. The Labute approximate surface area is 121 Å². The summed E-state index contributed by atoms with van der Waals surface area (Å²) in [5, 5.41) is 3.95. The number of fused-ring (bicyclic) bond motifs is 1. The molecule has 1 amide bonds. The van der Waals surface area contributed by atoms with E-state index in [1.54, 1.807) is 19.2 Å². The number of nitrogens with one attached hydrogen (secondary N) is 1. The lowest BCUT2D eigenvalue weighted by Crippen LogP contribution is -2.26. The average Bonchev–Trinajstić information content (AvgIpc) is 2.47. The minimum absolute atomic E-state index is 0.0424. The molecular weight excluding hydrogens is 274 g/mol. The Hall–Kier alpha value is -1.82. The summed E-state index contributed by atoms with van der Waals surface area (Å²) in [6, 6.07) is 7.22. The molecule has 5 nitrogen and oxygen atoms in total. The fourth-order valence-corrected chi connectivity index (χ4v) is 2.57. The van der Waals surface area contributed by atoms with Gasteiger partial charge in [-0.25, -0.2) is 4.98 Å². The Kier molecular flexibility index (Phi) is 4.79. The maximum Gasteiger partial charge on any atom is 0.261 e. The van der Waals surface area contributed by atoms with Gasteiger partial charge in [0.2, 0.25) is 5.91 Å². The van der Waals surface area contributed by atoms with Crippen LogP contribution in [0.3, 0.4) is 0 Å². The summed E-state index contributed by atoms with van der Waals surface area (Å²) >= 11 is 1.27. The van der Waals surface area contributed by atoms with Crippen LogP contribution in [0.4, 0.5) is 0 Å². The van der Waals surface area contributed by atoms with E-state index in [1.165, 1.54) is 16.3 Å². The number of nitrogens with zero attached hydrogens (tertiary/aromatic N) is 2. The van der Waals surface area contributed by atoms with Gasteiger partial charge in [-0.2, -0.15) is 0 Å². The van der Waals surface area contributed by atoms with Crippen molar-refractivity contribution in [1.82, 2.24) is 14.9 Å². The van der Waals surface area contributed by atoms with E-state index in [0.29, 0.717) is 22.6 Å². The molecule has 1 heterocycles. The summed E-state index contributed by atoms with van der Waals surface area (Å²) in [5.74, 6) is 0.220. The summed E-state index contributed by atoms with van der Waals surface area (Å²) in [7, 11) is 1.67. The van der Waals surface area contributed by atoms with Gasteiger partial charge in [0, 0.05) is 13.6 Å². The lowest BCUT2D eigenvalue weighted by atomic mass is 10.2. The molecule has 0 unspecified atom stereocenters. The maximum absolute atomic E-state index is 12.2. The van der Waals surface area contributed by atoms with Crippen LogP contribution in [0.25, 0.3) is 10.9 Å². The molecule has 0 atom stereocenters. The first-order valence-corrected chi connectivity index (χ1v) is 7.47. The van der Waals surface area contributed by atoms with Crippen LogP contribution in [-0.4, -0.2) is 27.8 Å². The number of carbonyl (C=O) groups is 1. The van der Waals surface area contributed by atoms with E-state index in [0.717, 1.165) is 6.42 Å². The van der Waals surface area contributed by atoms with Crippen LogP contribution in [0.2, 0.25) is 0 Å². The van der Waals surface area contributed by atoms with Gasteiger partial charge in [-0.1, -0.05) is 30.8 Å². The summed E-state index contributed by atoms with van der Waals surface area (Å²) < 4.78 is 1.49. The molecule has 0 bridgehead atoms. The van der Waals surface area contributed by atoms with Gasteiger partial charge < -0.3 is 5.32 Å². The fraction of sp³-hybridized carbons (Fsp3) is 0.357. The zero-order valence-corrected chi connectivity index (χ0v) is 12.4. The van der Waals surface area contributed by atoms with Crippen molar-refractivity contribution in [3.8, 4) is 0 Å². The summed E-state index contributed by atoms with van der Waals surface area (Å²) in [6.45, 7) is 2.67. The van der Waals surface area contributed by atoms with Crippen molar-refractivity contribution in [3.63, 3.8) is 0 Å². The van der Waals surface area contributed by atoms with Crippen molar-refractivity contribution in [3.05, 3.63) is 34.6 Å². The van der Waals surface area contributed by atoms with Crippen molar-refractivity contribution in [2.24, 2.45) is 7.05 Å². The van der Waals surface area contributed by atoms with Crippen LogP contribution in [0, 0.1) is 0 Å². The van der Waals surface area contributed by atoms with Gasteiger partial charge in [0.05, 0.1) is 16.7 Å². The minimum atomic E-state index is -0.0907. The largest absolute Gasteiger partial charge is 0.355 e. The molecule has 0 aliphatic rings. The lowest BCUT2D eigenvalue weighted by Gasteiger charge is -2.08. The van der Waals surface area contributed by atoms with Crippen LogP contribution in [-0.2, 0) is 11.8 Å². The number of carbonyl (C=O) groups excluding carboxylic acids is 1. The second kappa shape index (κ2) is 6.56. The third-order valence-corrected chi connectivity index (χ3v) is 3.88. The first kappa shape index (κ1) is 14.6. The van der Waals surface area contributed by atoms with Gasteiger partial charge >= 0.3 is 0 Å². The number of benzene rings is 1. The number of rotatable bonds is 5. The third kappa shape index (κ3) is 3.19. The minimum Gasteiger partial charge on any atom is -0.355 e. The summed E-state index contributed by atoms with van der Waals surface area (Å²) in [4.78, 5) is 28.2. The van der Waals surface area contributed by atoms with Crippen molar-refractivity contribution < 1.29 is 4.79 Å². The highest BCUT2D eigenvalue weighted by atomic mass is 32.2. The predicted molar refractivity (Wildman–Crippen MR) is 81.0 cm³/mol. The number of aromatic nitrogens is 2. The highest BCUT2D eigenvalue weighted by molar-refractivity contribution is 7.99. The number of hydrogen-bond donors (Lipinski definition) is 1. The summed E-state index contributed by atoms with van der Waals surface area (Å²) in [5.41, 5.74) is 0.569. The van der Waals surface area contributed by atoms with Crippen molar-refractivity contribution in [1.29, 1.82) is 0 Å². The second-order valence-corrected chi connectivity index (χ2v) is 5.36. The van der Waals surface area contributed by atoms with Gasteiger partial charge in [-0.05, 0) is 18.6 Å². The van der Waals surface area contributed by atoms with Crippen molar-refractivity contribution >= 4 is 28.6 Å². The smallest absolute Gasteiger partial charge is 0.261 e. The van der Waals surface area contributed by atoms with E-state index in [9.17, 15) is 9.59 Å². The van der Waals surface area contributed by atoms with Crippen molar-refractivity contribution in [2.45, 2.75) is 18.5 Å². The van der Waals surface area contributed by atoms with Crippen LogP contribution < -0.4 is 10.9 Å². The van der Waals surface area contributed by atoms with E-state index < -0.39 is 0 Å². The Morgan fingerprint density at radius 3 is 2.90 bits per heavy atom. The molecule has 20 heavy (non-hydrogen) atoms. The van der Waals surface area contributed by atoms with E-state index in [1.807, 2.05) is 19.1 Å². The van der Waals surface area contributed by atoms with Crippen molar-refractivity contribution in [2.75, 3.05) is 12.3 Å². The Morgan fingerprint density at radius 2 is 2.15 bits per heavy atom. The highest BCUT2D eigenvalue weighted by Gasteiger charge is 2.10. The molecule has 6 heteroatoms. The lowest BCUT2D eigenvalue weighted by molar-refractivity contribution is -0.118. The first-order valence-electron chi connectivity index (χ1n) is 6.48. The van der Waals surface area contributed by atoms with Gasteiger partial charge in [-0.15, -0.1) is 0 Å². The van der Waals surface area contributed by atoms with Crippen LogP contribution >= 0.6 is 11.8 Å². The first-order chi connectivity index (χ1) is 9.63. The molecule has 1 aromatic heterocycles. The number of hydrogen-bond acceptors (Lipinski definition) is 4. The van der Waals surface area contributed by atoms with Gasteiger partial charge in [-0.3, -0.25) is 14.2 Å². The standard InChI is InChI=1S/C14H17N3O2S/c1-3-8-15-12(18)9-20-14-16-11-7-5-4-6-10(11)13(19)17(14)2/h4-7H,3,8-9H2,1-2H3,(H,15,18). The molecule has 0 saturated heterocycles. The second-order valence-electron chi connectivity index (χ2n) is 4.41. The quantitative estimate of drug-likeness (QED) is 0.670. The van der Waals surface area contributed by atoms with Crippen LogP contribution in [0.1, 0.15) is 13.3 Å². The van der Waals surface area contributed by atoms with E-state index >= 15 is 0 Å². The topological polar surface area (TPSA) is 64.0 Å². The monoisotopic (exact) mass is 291 g/mol. The number of thioether (sulfide) groups is 1. The number of amides is 1. The van der Waals surface area contributed by atoms with Gasteiger partial charge in [0.25, 0.3) is 5.56 Å². The molecule has 106 valence electrons. The molecule has 1 N–H and O–H groups in total. The Bertz CT molecular complexity index is 682. The van der Waals surface area contributed by atoms with Gasteiger partial charge in [0.15, 0.2) is 5.16 Å². The van der Waals surface area contributed by atoms with Gasteiger partial charge in [0.1, 0.15) is 0 Å². The van der Waals surface area contributed by atoms with Crippen LogP contribution in [0.5, 0.6) is 0 Å². The maximum atomic E-state index is 12.2. The molecule has 0 aliphatic heterocycles. The predicted octanol–water partition coefficient (Wildman–Crippen LogP) is 1.55. The van der Waals surface area contributed by atoms with E-state index in [-0.39, 0.29) is 17.2 Å². The Morgan fingerprint density at radius 1 is 1.40 bits per heavy atom. The molecule has 2 rings (SSSR count). The zero-order chi connectivity index (χ0) is 14.5. The van der Waals surface area contributed by atoms with E-state index in [2.05, 4.69) is 10.3 Å². The molecule has 0 radical (unpaired) electrons. The van der Waals surface area contributed by atoms with Crippen LogP contribution in [0.15, 0.2) is 34.2 Å². The molecule has 0 aliphatic carbocycles. The zero-order valence-electron chi connectivity index (χ0n) is 11.5. The normalized spacial score (nSPS) is 10.7. The third-order valence-electron chi connectivity index (χ3n) is 2.85. The molecule has 0 saturated carbocycles. The Balaban J connectivity index is 2.20. The highest BCUT2D eigenvalue weighted by Crippen LogP contribution is 2.16. The molecular formula is C14H17N3O2S. The molecule has 0 spiro atoms. The molecule has 1 aromatic carbocycles. The SMILES string of the molecule is CCCNC(=O)CSc1nc2ccccc2c(=O)n1C.